The van der Waals surface area contributed by atoms with Crippen LogP contribution in [0.4, 0.5) is 0 Å². The molecule has 0 bridgehead atoms. The second kappa shape index (κ2) is 7.85. The van der Waals surface area contributed by atoms with Crippen molar-refractivity contribution in [1.82, 2.24) is 15.5 Å². The highest BCUT2D eigenvalue weighted by Crippen LogP contribution is 2.29. The van der Waals surface area contributed by atoms with Crippen molar-refractivity contribution in [3.05, 3.63) is 0 Å². The molecular weight excluding hydrogens is 238 g/mol. The van der Waals surface area contributed by atoms with E-state index in [1.165, 1.54) is 12.8 Å². The molecule has 0 spiro atoms. The van der Waals surface area contributed by atoms with Crippen LogP contribution in [0.25, 0.3) is 0 Å². The maximum atomic E-state index is 11.8. The van der Waals surface area contributed by atoms with Crippen LogP contribution in [0.5, 0.6) is 0 Å². The van der Waals surface area contributed by atoms with Crippen LogP contribution in [0, 0.1) is 5.41 Å². The molecule has 0 aromatic heterocycles. The first kappa shape index (κ1) is 16.4. The summed E-state index contributed by atoms with van der Waals surface area (Å²) in [4.78, 5) is 14.1. The molecule has 1 amide bonds. The number of nitrogens with one attached hydrogen (secondary N) is 2. The van der Waals surface area contributed by atoms with E-state index in [-0.39, 0.29) is 5.91 Å². The van der Waals surface area contributed by atoms with E-state index in [0.29, 0.717) is 17.9 Å². The van der Waals surface area contributed by atoms with Crippen molar-refractivity contribution >= 4 is 5.91 Å². The topological polar surface area (TPSA) is 44.4 Å². The molecule has 1 rings (SSSR count). The molecule has 0 radical (unpaired) electrons. The molecule has 1 aliphatic heterocycles. The third-order valence-electron chi connectivity index (χ3n) is 4.04. The standard InChI is InChI=1S/C15H31N3O/c1-13(2)16-9-5-6-14(19)17-12-15(3)7-10-18(4)11-8-15/h13,16H,5-12H2,1-4H3,(H,17,19). The summed E-state index contributed by atoms with van der Waals surface area (Å²) in [5.74, 6) is 0.200. The van der Waals surface area contributed by atoms with E-state index in [4.69, 9.17) is 0 Å². The zero-order chi connectivity index (χ0) is 14.3. The summed E-state index contributed by atoms with van der Waals surface area (Å²) in [6, 6.07) is 0.501. The minimum absolute atomic E-state index is 0.200. The number of amides is 1. The largest absolute Gasteiger partial charge is 0.356 e. The normalized spacial score (nSPS) is 19.6. The van der Waals surface area contributed by atoms with Crippen LogP contribution in [0.1, 0.15) is 46.5 Å². The molecule has 1 fully saturated rings. The van der Waals surface area contributed by atoms with Gasteiger partial charge in [0.1, 0.15) is 0 Å². The fraction of sp³-hybridized carbons (Fsp3) is 0.933. The lowest BCUT2D eigenvalue weighted by atomic mass is 9.80. The smallest absolute Gasteiger partial charge is 0.220 e. The van der Waals surface area contributed by atoms with E-state index < -0.39 is 0 Å². The highest BCUT2D eigenvalue weighted by Gasteiger charge is 2.28. The summed E-state index contributed by atoms with van der Waals surface area (Å²) in [7, 11) is 2.17. The highest BCUT2D eigenvalue weighted by molar-refractivity contribution is 5.75. The lowest BCUT2D eigenvalue weighted by Gasteiger charge is -2.37. The van der Waals surface area contributed by atoms with Crippen LogP contribution in [0.2, 0.25) is 0 Å². The predicted octanol–water partition coefficient (Wildman–Crippen LogP) is 1.61. The first-order valence-electron chi connectivity index (χ1n) is 7.60. The Morgan fingerprint density at radius 3 is 2.53 bits per heavy atom. The van der Waals surface area contributed by atoms with Crippen LogP contribution >= 0.6 is 0 Å². The second-order valence-electron chi connectivity index (χ2n) is 6.60. The molecule has 4 heteroatoms. The molecular formula is C15H31N3O. The van der Waals surface area contributed by atoms with Crippen molar-refractivity contribution < 1.29 is 4.79 Å². The van der Waals surface area contributed by atoms with Gasteiger partial charge in [0.2, 0.25) is 5.91 Å². The molecule has 0 aromatic rings. The van der Waals surface area contributed by atoms with Crippen molar-refractivity contribution in [3.8, 4) is 0 Å². The van der Waals surface area contributed by atoms with Crippen molar-refractivity contribution in [2.24, 2.45) is 5.41 Å². The van der Waals surface area contributed by atoms with E-state index >= 15 is 0 Å². The molecule has 0 atom stereocenters. The monoisotopic (exact) mass is 269 g/mol. The number of hydrogen-bond donors (Lipinski definition) is 2. The molecule has 112 valence electrons. The molecule has 1 saturated heterocycles. The zero-order valence-corrected chi connectivity index (χ0v) is 13.1. The van der Waals surface area contributed by atoms with Gasteiger partial charge in [0.25, 0.3) is 0 Å². The molecule has 4 nitrogen and oxygen atoms in total. The number of carbonyl (C=O) groups is 1. The summed E-state index contributed by atoms with van der Waals surface area (Å²) in [5, 5.41) is 6.44. The van der Waals surface area contributed by atoms with Gasteiger partial charge in [0.15, 0.2) is 0 Å². The highest BCUT2D eigenvalue weighted by atomic mass is 16.1. The Labute approximate surface area is 118 Å². The quantitative estimate of drug-likeness (QED) is 0.690. The Bertz CT molecular complexity index is 271. The molecule has 0 saturated carbocycles. The minimum Gasteiger partial charge on any atom is -0.356 e. The number of likely N-dealkylation sites (tertiary alicyclic amines) is 1. The summed E-state index contributed by atoms with van der Waals surface area (Å²) >= 11 is 0. The Balaban J connectivity index is 2.12. The molecule has 0 aromatic carbocycles. The predicted molar refractivity (Wildman–Crippen MR) is 80.2 cm³/mol. The fourth-order valence-corrected chi connectivity index (χ4v) is 2.38. The van der Waals surface area contributed by atoms with E-state index in [2.05, 4.69) is 43.4 Å². The van der Waals surface area contributed by atoms with Gasteiger partial charge in [-0.15, -0.1) is 0 Å². The molecule has 19 heavy (non-hydrogen) atoms. The number of hydrogen-bond acceptors (Lipinski definition) is 3. The van der Waals surface area contributed by atoms with E-state index in [1.54, 1.807) is 0 Å². The third-order valence-corrected chi connectivity index (χ3v) is 4.04. The Morgan fingerprint density at radius 1 is 1.32 bits per heavy atom. The summed E-state index contributed by atoms with van der Waals surface area (Å²) in [6.07, 6.45) is 3.91. The molecule has 1 heterocycles. The lowest BCUT2D eigenvalue weighted by molar-refractivity contribution is -0.121. The van der Waals surface area contributed by atoms with Crippen LogP contribution in [0.3, 0.4) is 0 Å². The average molecular weight is 269 g/mol. The number of piperidine rings is 1. The van der Waals surface area contributed by atoms with Crippen molar-refractivity contribution in [3.63, 3.8) is 0 Å². The summed E-state index contributed by atoms with van der Waals surface area (Å²) in [6.45, 7) is 10.6. The van der Waals surface area contributed by atoms with E-state index in [0.717, 1.165) is 32.6 Å². The van der Waals surface area contributed by atoms with Gasteiger partial charge in [-0.25, -0.2) is 0 Å². The Kier molecular flexibility index (Phi) is 6.80. The average Bonchev–Trinajstić information content (AvgIpc) is 2.36. The molecule has 0 unspecified atom stereocenters. The Hall–Kier alpha value is -0.610. The van der Waals surface area contributed by atoms with Crippen molar-refractivity contribution in [2.75, 3.05) is 33.2 Å². The molecule has 0 aliphatic carbocycles. The summed E-state index contributed by atoms with van der Waals surface area (Å²) < 4.78 is 0. The van der Waals surface area contributed by atoms with Gasteiger partial charge in [0.05, 0.1) is 0 Å². The lowest BCUT2D eigenvalue weighted by Crippen LogP contribution is -2.43. The van der Waals surface area contributed by atoms with Gasteiger partial charge >= 0.3 is 0 Å². The van der Waals surface area contributed by atoms with Gasteiger partial charge in [-0.1, -0.05) is 20.8 Å². The first-order chi connectivity index (χ1) is 8.91. The zero-order valence-electron chi connectivity index (χ0n) is 13.1. The molecule has 1 aliphatic rings. The Morgan fingerprint density at radius 2 is 1.95 bits per heavy atom. The number of carbonyl (C=O) groups excluding carboxylic acids is 1. The van der Waals surface area contributed by atoms with Gasteiger partial charge in [-0.3, -0.25) is 4.79 Å². The first-order valence-corrected chi connectivity index (χ1v) is 7.60. The van der Waals surface area contributed by atoms with E-state index in [9.17, 15) is 4.79 Å². The minimum atomic E-state index is 0.200. The van der Waals surface area contributed by atoms with Crippen molar-refractivity contribution in [2.45, 2.75) is 52.5 Å². The van der Waals surface area contributed by atoms with Gasteiger partial charge in [-0.05, 0) is 51.4 Å². The van der Waals surface area contributed by atoms with Gasteiger partial charge < -0.3 is 15.5 Å². The van der Waals surface area contributed by atoms with Crippen LogP contribution in [0.15, 0.2) is 0 Å². The van der Waals surface area contributed by atoms with E-state index in [1.807, 2.05) is 0 Å². The second-order valence-corrected chi connectivity index (χ2v) is 6.60. The van der Waals surface area contributed by atoms with Gasteiger partial charge in [-0.2, -0.15) is 0 Å². The van der Waals surface area contributed by atoms with Gasteiger partial charge in [0, 0.05) is 19.0 Å². The van der Waals surface area contributed by atoms with Crippen LogP contribution in [-0.2, 0) is 4.79 Å². The maximum absolute atomic E-state index is 11.8. The third kappa shape index (κ3) is 6.92. The van der Waals surface area contributed by atoms with Crippen molar-refractivity contribution in [1.29, 1.82) is 0 Å². The summed E-state index contributed by atoms with van der Waals surface area (Å²) in [5.41, 5.74) is 0.290. The fourth-order valence-electron chi connectivity index (χ4n) is 2.38. The maximum Gasteiger partial charge on any atom is 0.220 e. The van der Waals surface area contributed by atoms with Crippen LogP contribution < -0.4 is 10.6 Å². The van der Waals surface area contributed by atoms with Crippen LogP contribution in [-0.4, -0.2) is 50.1 Å². The number of rotatable bonds is 7. The SMILES string of the molecule is CC(C)NCCCC(=O)NCC1(C)CCN(C)CC1. The number of nitrogens with zero attached hydrogens (tertiary/aromatic N) is 1. The molecule has 2 N–H and O–H groups in total.